The molecule has 12 nitrogen and oxygen atoms in total. The SMILES string of the molecule is O=C=NCCCCCCN1ON(CCCCCCN=C=O)C(=O)N(CCCCCCN=C=O)C1=O. The van der Waals surface area contributed by atoms with E-state index in [9.17, 15) is 24.0 Å². The van der Waals surface area contributed by atoms with Gasteiger partial charge in [0.05, 0.1) is 32.7 Å². The van der Waals surface area contributed by atoms with Gasteiger partial charge >= 0.3 is 12.1 Å². The zero-order valence-corrected chi connectivity index (χ0v) is 20.4. The fourth-order valence-corrected chi connectivity index (χ4v) is 3.56. The van der Waals surface area contributed by atoms with E-state index in [4.69, 9.17) is 4.94 Å². The minimum Gasteiger partial charge on any atom is -0.245 e. The van der Waals surface area contributed by atoms with Crippen LogP contribution in [0.2, 0.25) is 0 Å². The molecule has 1 fully saturated rings. The number of hydrogen-bond donors (Lipinski definition) is 0. The van der Waals surface area contributed by atoms with Crippen LogP contribution in [0, 0.1) is 0 Å². The first-order chi connectivity index (χ1) is 17.2. The Morgan fingerprint density at radius 1 is 0.514 bits per heavy atom. The van der Waals surface area contributed by atoms with Gasteiger partial charge in [0.25, 0.3) is 0 Å². The van der Waals surface area contributed by atoms with Crippen molar-refractivity contribution in [2.24, 2.45) is 15.0 Å². The number of unbranched alkanes of at least 4 members (excludes halogenated alkanes) is 9. The molecular formula is C23H36N6O6. The average molecular weight is 493 g/mol. The van der Waals surface area contributed by atoms with E-state index in [1.807, 2.05) is 0 Å². The molecule has 0 spiro atoms. The molecule has 0 N–H and O–H groups in total. The first-order valence-electron chi connectivity index (χ1n) is 12.3. The molecule has 194 valence electrons. The second-order valence-electron chi connectivity index (χ2n) is 8.16. The molecule has 0 unspecified atom stereocenters. The van der Waals surface area contributed by atoms with Gasteiger partial charge in [0, 0.05) is 6.54 Å². The van der Waals surface area contributed by atoms with Gasteiger partial charge in [-0.25, -0.2) is 43.8 Å². The van der Waals surface area contributed by atoms with Crippen molar-refractivity contribution in [2.75, 3.05) is 39.3 Å². The van der Waals surface area contributed by atoms with Crippen LogP contribution in [0.25, 0.3) is 0 Å². The number of nitrogens with zero attached hydrogens (tertiary/aromatic N) is 6. The molecule has 1 aliphatic rings. The number of urea groups is 2. The van der Waals surface area contributed by atoms with E-state index >= 15 is 0 Å². The third kappa shape index (κ3) is 13.3. The summed E-state index contributed by atoms with van der Waals surface area (Å²) in [6.07, 6.45) is 13.9. The van der Waals surface area contributed by atoms with Crippen LogP contribution in [0.1, 0.15) is 77.0 Å². The normalized spacial score (nSPS) is 13.3. The van der Waals surface area contributed by atoms with Crippen molar-refractivity contribution in [2.45, 2.75) is 77.0 Å². The molecule has 1 aliphatic heterocycles. The van der Waals surface area contributed by atoms with Gasteiger partial charge in [-0.1, -0.05) is 38.5 Å². The summed E-state index contributed by atoms with van der Waals surface area (Å²) in [4.78, 5) is 73.5. The number of hydroxylamine groups is 4. The Morgan fingerprint density at radius 3 is 1.23 bits per heavy atom. The van der Waals surface area contributed by atoms with Crippen molar-refractivity contribution in [1.82, 2.24) is 15.0 Å². The summed E-state index contributed by atoms with van der Waals surface area (Å²) in [5, 5.41) is 2.48. The first kappa shape index (κ1) is 29.9. The molecule has 4 amide bonds. The van der Waals surface area contributed by atoms with E-state index in [1.165, 1.54) is 33.3 Å². The lowest BCUT2D eigenvalue weighted by Crippen LogP contribution is -2.60. The molecule has 0 aromatic rings. The third-order valence-electron chi connectivity index (χ3n) is 5.44. The summed E-state index contributed by atoms with van der Waals surface area (Å²) in [5.74, 6) is 0. The fraction of sp³-hybridized carbons (Fsp3) is 0.783. The van der Waals surface area contributed by atoms with Crippen LogP contribution in [0.3, 0.4) is 0 Å². The maximum atomic E-state index is 12.9. The lowest BCUT2D eigenvalue weighted by atomic mass is 10.2. The van der Waals surface area contributed by atoms with E-state index < -0.39 is 12.1 Å². The molecule has 0 saturated carbocycles. The van der Waals surface area contributed by atoms with Gasteiger partial charge in [-0.15, -0.1) is 4.94 Å². The second kappa shape index (κ2) is 20.2. The van der Waals surface area contributed by atoms with E-state index in [1.54, 1.807) is 0 Å². The number of carbonyl (C=O) groups is 2. The Kier molecular flexibility index (Phi) is 17.3. The summed E-state index contributed by atoms with van der Waals surface area (Å²) in [7, 11) is 0. The van der Waals surface area contributed by atoms with Gasteiger partial charge in [0.2, 0.25) is 18.2 Å². The highest BCUT2D eigenvalue weighted by Gasteiger charge is 2.38. The number of aliphatic imine (C=N–C) groups is 3. The van der Waals surface area contributed by atoms with E-state index in [0.717, 1.165) is 57.8 Å². The highest BCUT2D eigenvalue weighted by atomic mass is 16.9. The van der Waals surface area contributed by atoms with Crippen LogP contribution >= 0.6 is 0 Å². The highest BCUT2D eigenvalue weighted by molar-refractivity contribution is 5.94. The first-order valence-corrected chi connectivity index (χ1v) is 12.3. The molecule has 0 aliphatic carbocycles. The maximum absolute atomic E-state index is 12.9. The van der Waals surface area contributed by atoms with Gasteiger partial charge in [-0.2, -0.15) is 10.1 Å². The predicted octanol–water partition coefficient (Wildman–Crippen LogP) is 3.68. The van der Waals surface area contributed by atoms with Crippen molar-refractivity contribution in [3.8, 4) is 0 Å². The molecule has 0 bridgehead atoms. The fourth-order valence-electron chi connectivity index (χ4n) is 3.56. The number of amides is 4. The minimum atomic E-state index is -0.464. The number of rotatable bonds is 21. The lowest BCUT2D eigenvalue weighted by Gasteiger charge is -2.39. The Morgan fingerprint density at radius 2 is 0.857 bits per heavy atom. The summed E-state index contributed by atoms with van der Waals surface area (Å²) >= 11 is 0. The number of isocyanates is 3. The topological polar surface area (TPSA) is 141 Å². The Labute approximate surface area is 206 Å². The van der Waals surface area contributed by atoms with Crippen molar-refractivity contribution in [3.63, 3.8) is 0 Å². The van der Waals surface area contributed by atoms with Crippen LogP contribution in [-0.4, -0.2) is 84.6 Å². The van der Waals surface area contributed by atoms with Gasteiger partial charge in [-0.05, 0) is 38.5 Å². The summed E-state index contributed by atoms with van der Waals surface area (Å²) < 4.78 is 0. The Hall–Kier alpha value is -3.16. The van der Waals surface area contributed by atoms with Crippen molar-refractivity contribution in [3.05, 3.63) is 0 Å². The van der Waals surface area contributed by atoms with Crippen molar-refractivity contribution in [1.29, 1.82) is 0 Å². The number of hydrogen-bond acceptors (Lipinski definition) is 9. The molecule has 1 rings (SSSR count). The Bertz CT molecular complexity index is 726. The molecule has 0 aromatic heterocycles. The van der Waals surface area contributed by atoms with E-state index in [2.05, 4.69) is 15.0 Å². The predicted molar refractivity (Wildman–Crippen MR) is 126 cm³/mol. The van der Waals surface area contributed by atoms with Gasteiger partial charge in [0.1, 0.15) is 0 Å². The molecule has 0 aromatic carbocycles. The Balaban J connectivity index is 2.55. The number of imide groups is 1. The zero-order valence-electron chi connectivity index (χ0n) is 20.4. The van der Waals surface area contributed by atoms with Crippen LogP contribution in [-0.2, 0) is 19.3 Å². The maximum Gasteiger partial charge on any atom is 0.354 e. The molecule has 35 heavy (non-hydrogen) atoms. The third-order valence-corrected chi connectivity index (χ3v) is 5.44. The van der Waals surface area contributed by atoms with Crippen molar-refractivity contribution >= 4 is 30.3 Å². The molecule has 1 saturated heterocycles. The summed E-state index contributed by atoms with van der Waals surface area (Å²) in [6.45, 7) is 2.32. The van der Waals surface area contributed by atoms with Crippen molar-refractivity contribution < 1.29 is 28.9 Å². The van der Waals surface area contributed by atoms with Crippen LogP contribution in [0.15, 0.2) is 15.0 Å². The quantitative estimate of drug-likeness (QED) is 0.136. The largest absolute Gasteiger partial charge is 0.354 e. The summed E-state index contributed by atoms with van der Waals surface area (Å²) in [6, 6.07) is -0.928. The molecule has 0 atom stereocenters. The van der Waals surface area contributed by atoms with E-state index in [0.29, 0.717) is 58.5 Å². The smallest absolute Gasteiger partial charge is 0.245 e. The van der Waals surface area contributed by atoms with Crippen LogP contribution in [0.5, 0.6) is 0 Å². The molecule has 0 radical (unpaired) electrons. The average Bonchev–Trinajstić information content (AvgIpc) is 2.86. The lowest BCUT2D eigenvalue weighted by molar-refractivity contribution is -0.289. The van der Waals surface area contributed by atoms with Crippen LogP contribution < -0.4 is 0 Å². The number of carbonyl (C=O) groups excluding carboxylic acids is 5. The standard InChI is InChI=1S/C23H36N6O6/c30-19-24-13-7-1-4-10-16-27-22(33)28(17-11-5-2-8-14-25-20-31)35-29(23(27)34)18-12-6-3-9-15-26-21-32/h1-18H2. The van der Waals surface area contributed by atoms with E-state index in [-0.39, 0.29) is 0 Å². The second-order valence-corrected chi connectivity index (χ2v) is 8.16. The molecular weight excluding hydrogens is 456 g/mol. The van der Waals surface area contributed by atoms with Gasteiger partial charge < -0.3 is 0 Å². The minimum absolute atomic E-state index is 0.290. The zero-order chi connectivity index (χ0) is 25.6. The highest BCUT2D eigenvalue weighted by Crippen LogP contribution is 2.18. The van der Waals surface area contributed by atoms with Gasteiger partial charge in [-0.3, -0.25) is 0 Å². The molecule has 1 heterocycles. The summed E-state index contributed by atoms with van der Waals surface area (Å²) in [5.41, 5.74) is 0. The molecule has 12 heteroatoms. The van der Waals surface area contributed by atoms with Crippen LogP contribution in [0.4, 0.5) is 9.59 Å². The van der Waals surface area contributed by atoms with Gasteiger partial charge in [0.15, 0.2) is 0 Å². The monoisotopic (exact) mass is 492 g/mol.